The minimum Gasteiger partial charge on any atom is -0.394 e. The van der Waals surface area contributed by atoms with Gasteiger partial charge in [0.2, 0.25) is 5.91 Å². The zero-order valence-electron chi connectivity index (χ0n) is 13.3. The molecule has 23 heavy (non-hydrogen) atoms. The molecule has 1 aliphatic rings. The number of rotatable bonds is 9. The molecule has 1 amide bonds. The van der Waals surface area contributed by atoms with Crippen LogP contribution in [0.3, 0.4) is 0 Å². The average Bonchev–Trinajstić information content (AvgIpc) is 2.55. The van der Waals surface area contributed by atoms with Crippen molar-refractivity contribution in [3.63, 3.8) is 0 Å². The summed E-state index contributed by atoms with van der Waals surface area (Å²) < 4.78 is 10.4. The molecule has 0 aliphatic carbocycles. The predicted octanol–water partition coefficient (Wildman–Crippen LogP) is -2.56. The average molecular weight is 336 g/mol. The highest BCUT2D eigenvalue weighted by atomic mass is 16.7. The Hall–Kier alpha value is -0.810. The van der Waals surface area contributed by atoms with Gasteiger partial charge < -0.3 is 41.0 Å². The van der Waals surface area contributed by atoms with Crippen LogP contribution in [0.25, 0.3) is 0 Å². The van der Waals surface area contributed by atoms with Gasteiger partial charge in [0.25, 0.3) is 0 Å². The molecule has 0 spiro atoms. The Morgan fingerprint density at radius 1 is 1.30 bits per heavy atom. The summed E-state index contributed by atoms with van der Waals surface area (Å²) in [5, 5.41) is 40.7. The van der Waals surface area contributed by atoms with Crippen LogP contribution < -0.4 is 11.1 Å². The van der Waals surface area contributed by atoms with E-state index < -0.39 is 43.4 Å². The Bertz CT molecular complexity index is 356. The molecule has 1 saturated heterocycles. The Kier molecular flexibility index (Phi) is 8.92. The Morgan fingerprint density at radius 2 is 2.00 bits per heavy atom. The summed E-state index contributed by atoms with van der Waals surface area (Å²) in [4.78, 5) is 11.7. The Morgan fingerprint density at radius 3 is 2.61 bits per heavy atom. The third-order valence-corrected chi connectivity index (χ3v) is 3.74. The Labute approximate surface area is 135 Å². The third-order valence-electron chi connectivity index (χ3n) is 3.74. The molecule has 1 fully saturated rings. The molecule has 136 valence electrons. The normalized spacial score (nSPS) is 32.5. The smallest absolute Gasteiger partial charge is 0.236 e. The molecule has 0 bridgehead atoms. The highest BCUT2D eigenvalue weighted by Gasteiger charge is 2.43. The first-order valence-electron chi connectivity index (χ1n) is 7.87. The summed E-state index contributed by atoms with van der Waals surface area (Å²) in [6.07, 6.45) is -4.14. The van der Waals surface area contributed by atoms with Crippen molar-refractivity contribution in [1.82, 2.24) is 5.32 Å². The van der Waals surface area contributed by atoms with Gasteiger partial charge in [-0.25, -0.2) is 0 Å². The van der Waals surface area contributed by atoms with Crippen LogP contribution in [0.5, 0.6) is 0 Å². The van der Waals surface area contributed by atoms with Crippen LogP contribution >= 0.6 is 0 Å². The van der Waals surface area contributed by atoms with Crippen molar-refractivity contribution < 1.29 is 34.7 Å². The molecule has 0 unspecified atom stereocenters. The van der Waals surface area contributed by atoms with Crippen LogP contribution in [0.4, 0.5) is 0 Å². The molecule has 6 atom stereocenters. The number of carbonyl (C=O) groups is 1. The van der Waals surface area contributed by atoms with Gasteiger partial charge in [0.05, 0.1) is 19.3 Å². The van der Waals surface area contributed by atoms with Crippen molar-refractivity contribution in [2.24, 2.45) is 5.73 Å². The molecule has 1 heterocycles. The summed E-state index contributed by atoms with van der Waals surface area (Å²) >= 11 is 0. The van der Waals surface area contributed by atoms with E-state index >= 15 is 0 Å². The maximum Gasteiger partial charge on any atom is 0.236 e. The number of nitrogens with two attached hydrogens (primary N) is 1. The van der Waals surface area contributed by atoms with Crippen LogP contribution in [0.2, 0.25) is 0 Å². The second kappa shape index (κ2) is 10.1. The molecule has 0 aromatic heterocycles. The maximum absolute atomic E-state index is 11.7. The van der Waals surface area contributed by atoms with Gasteiger partial charge in [-0.05, 0) is 6.42 Å². The monoisotopic (exact) mass is 336 g/mol. The van der Waals surface area contributed by atoms with Crippen molar-refractivity contribution in [2.45, 2.75) is 62.9 Å². The summed E-state index contributed by atoms with van der Waals surface area (Å²) in [5.74, 6) is -0.282. The number of ether oxygens (including phenoxy) is 2. The second-order valence-corrected chi connectivity index (χ2v) is 5.61. The van der Waals surface area contributed by atoms with Crippen molar-refractivity contribution in [3.8, 4) is 0 Å². The number of aliphatic hydroxyl groups excluding tert-OH is 4. The standard InChI is InChI=1S/C14H28N2O7/c1-2-3-4-8(15)13(21)16-5-6-22-14-12(20)11(19)10(18)9(7-17)23-14/h8-12,14,17-20H,2-7,15H2,1H3,(H,16,21)/t8-,9+,10+,11-,12-,14-/m0/s1. The van der Waals surface area contributed by atoms with E-state index in [4.69, 9.17) is 20.3 Å². The first-order chi connectivity index (χ1) is 10.9. The second-order valence-electron chi connectivity index (χ2n) is 5.61. The van der Waals surface area contributed by atoms with E-state index in [-0.39, 0.29) is 19.1 Å². The molecule has 9 nitrogen and oxygen atoms in total. The molecule has 0 radical (unpaired) electrons. The van der Waals surface area contributed by atoms with E-state index in [2.05, 4.69) is 5.32 Å². The molecule has 0 saturated carbocycles. The summed E-state index contributed by atoms with van der Waals surface area (Å²) in [6, 6.07) is -0.567. The lowest BCUT2D eigenvalue weighted by Gasteiger charge is -2.39. The van der Waals surface area contributed by atoms with Crippen LogP contribution in [-0.2, 0) is 14.3 Å². The highest BCUT2D eigenvalue weighted by Crippen LogP contribution is 2.21. The van der Waals surface area contributed by atoms with Crippen molar-refractivity contribution in [1.29, 1.82) is 0 Å². The zero-order chi connectivity index (χ0) is 17.4. The van der Waals surface area contributed by atoms with Gasteiger partial charge in [0.1, 0.15) is 24.4 Å². The van der Waals surface area contributed by atoms with Crippen molar-refractivity contribution >= 4 is 5.91 Å². The van der Waals surface area contributed by atoms with E-state index in [1.54, 1.807) is 0 Å². The SMILES string of the molecule is CCCC[C@H](N)C(=O)NCCO[C@H]1O[C@H](CO)[C@@H](O)[C@H](O)[C@@H]1O. The van der Waals surface area contributed by atoms with Gasteiger partial charge in [0.15, 0.2) is 6.29 Å². The van der Waals surface area contributed by atoms with Crippen molar-refractivity contribution in [2.75, 3.05) is 19.8 Å². The maximum atomic E-state index is 11.7. The van der Waals surface area contributed by atoms with Gasteiger partial charge in [-0.2, -0.15) is 0 Å². The fraction of sp³-hybridized carbons (Fsp3) is 0.929. The fourth-order valence-corrected chi connectivity index (χ4v) is 2.24. The summed E-state index contributed by atoms with van der Waals surface area (Å²) in [6.45, 7) is 1.68. The Balaban J connectivity index is 2.30. The molecule has 7 N–H and O–H groups in total. The van der Waals surface area contributed by atoms with Crippen LogP contribution in [-0.4, -0.2) is 82.8 Å². The summed E-state index contributed by atoms with van der Waals surface area (Å²) in [5.41, 5.74) is 5.71. The van der Waals surface area contributed by atoms with Crippen LogP contribution in [0, 0.1) is 0 Å². The number of aliphatic hydroxyl groups is 4. The number of carbonyl (C=O) groups excluding carboxylic acids is 1. The number of amides is 1. The molecule has 1 aliphatic heterocycles. The molecular formula is C14H28N2O7. The molecular weight excluding hydrogens is 308 g/mol. The molecule has 1 rings (SSSR count). The third kappa shape index (κ3) is 5.96. The molecule has 0 aromatic carbocycles. The lowest BCUT2D eigenvalue weighted by molar-refractivity contribution is -0.300. The molecule has 0 aromatic rings. The van der Waals surface area contributed by atoms with Gasteiger partial charge >= 0.3 is 0 Å². The quantitative estimate of drug-likeness (QED) is 0.251. The predicted molar refractivity (Wildman–Crippen MR) is 80.2 cm³/mol. The van der Waals surface area contributed by atoms with Gasteiger partial charge in [0, 0.05) is 6.54 Å². The fourth-order valence-electron chi connectivity index (χ4n) is 2.24. The van der Waals surface area contributed by atoms with Gasteiger partial charge in [-0.15, -0.1) is 0 Å². The van der Waals surface area contributed by atoms with E-state index in [0.29, 0.717) is 6.42 Å². The lowest BCUT2D eigenvalue weighted by Crippen LogP contribution is -2.59. The minimum absolute atomic E-state index is 0.0227. The molecule has 9 heteroatoms. The lowest BCUT2D eigenvalue weighted by atomic mass is 9.99. The van der Waals surface area contributed by atoms with E-state index in [0.717, 1.165) is 12.8 Å². The first kappa shape index (κ1) is 20.2. The highest BCUT2D eigenvalue weighted by molar-refractivity contribution is 5.81. The van der Waals surface area contributed by atoms with Gasteiger partial charge in [-0.1, -0.05) is 19.8 Å². The zero-order valence-corrected chi connectivity index (χ0v) is 13.3. The number of unbranched alkanes of at least 4 members (excludes halogenated alkanes) is 1. The summed E-state index contributed by atoms with van der Waals surface area (Å²) in [7, 11) is 0. The van der Waals surface area contributed by atoms with E-state index in [1.165, 1.54) is 0 Å². The van der Waals surface area contributed by atoms with Crippen LogP contribution in [0.15, 0.2) is 0 Å². The van der Waals surface area contributed by atoms with Crippen molar-refractivity contribution in [3.05, 3.63) is 0 Å². The van der Waals surface area contributed by atoms with E-state index in [9.17, 15) is 20.1 Å². The number of nitrogens with one attached hydrogen (secondary N) is 1. The van der Waals surface area contributed by atoms with Crippen LogP contribution in [0.1, 0.15) is 26.2 Å². The number of hydrogen-bond donors (Lipinski definition) is 6. The largest absolute Gasteiger partial charge is 0.394 e. The first-order valence-corrected chi connectivity index (χ1v) is 7.87. The minimum atomic E-state index is -1.48. The van der Waals surface area contributed by atoms with Gasteiger partial charge in [-0.3, -0.25) is 4.79 Å². The van der Waals surface area contributed by atoms with E-state index in [1.807, 2.05) is 6.92 Å². The number of hydrogen-bond acceptors (Lipinski definition) is 8. The topological polar surface area (TPSA) is 154 Å².